The molecule has 2 aromatic carbocycles. The molecule has 2 unspecified atom stereocenters. The maximum absolute atomic E-state index is 13.0. The van der Waals surface area contributed by atoms with Crippen LogP contribution in [0.2, 0.25) is 0 Å². The summed E-state index contributed by atoms with van der Waals surface area (Å²) in [6.45, 7) is 4.34. The van der Waals surface area contributed by atoms with Gasteiger partial charge in [0.1, 0.15) is 0 Å². The van der Waals surface area contributed by atoms with E-state index in [0.717, 1.165) is 24.9 Å². The Kier molecular flexibility index (Phi) is 5.71. The van der Waals surface area contributed by atoms with E-state index in [1.54, 1.807) is 0 Å². The van der Waals surface area contributed by atoms with Gasteiger partial charge in [0.2, 0.25) is 11.8 Å². The third kappa shape index (κ3) is 4.31. The van der Waals surface area contributed by atoms with Crippen LogP contribution in [0.4, 0.5) is 0 Å². The van der Waals surface area contributed by atoms with E-state index >= 15 is 0 Å². The first-order chi connectivity index (χ1) is 12.5. The van der Waals surface area contributed by atoms with Crippen molar-refractivity contribution in [1.29, 1.82) is 0 Å². The summed E-state index contributed by atoms with van der Waals surface area (Å²) in [5, 5.41) is 2.93. The van der Waals surface area contributed by atoms with Gasteiger partial charge in [-0.05, 0) is 30.9 Å². The number of likely N-dealkylation sites (tertiary alicyclic amines) is 1. The van der Waals surface area contributed by atoms with Crippen LogP contribution in [0.3, 0.4) is 0 Å². The molecule has 4 nitrogen and oxygen atoms in total. The maximum Gasteiger partial charge on any atom is 0.225 e. The minimum Gasteiger partial charge on any atom is -0.349 e. The first-order valence-electron chi connectivity index (χ1n) is 9.22. The van der Waals surface area contributed by atoms with E-state index in [4.69, 9.17) is 0 Å². The smallest absolute Gasteiger partial charge is 0.225 e. The molecule has 1 saturated heterocycles. The van der Waals surface area contributed by atoms with Gasteiger partial charge in [0.25, 0.3) is 0 Å². The second kappa shape index (κ2) is 8.17. The Morgan fingerprint density at radius 2 is 1.81 bits per heavy atom. The van der Waals surface area contributed by atoms with Crippen LogP contribution in [0, 0.1) is 6.92 Å². The third-order valence-electron chi connectivity index (χ3n) is 4.99. The molecular weight excluding hydrogens is 324 g/mol. The van der Waals surface area contributed by atoms with E-state index in [-0.39, 0.29) is 30.3 Å². The molecule has 0 bridgehead atoms. The number of carbonyl (C=O) groups excluding carboxylic acids is 2. The zero-order valence-electron chi connectivity index (χ0n) is 15.4. The Labute approximate surface area is 155 Å². The van der Waals surface area contributed by atoms with Crippen LogP contribution in [0.15, 0.2) is 54.6 Å². The van der Waals surface area contributed by atoms with Crippen molar-refractivity contribution >= 4 is 11.8 Å². The summed E-state index contributed by atoms with van der Waals surface area (Å²) in [6.07, 6.45) is 2.29. The van der Waals surface area contributed by atoms with Crippen LogP contribution in [0.5, 0.6) is 0 Å². The van der Waals surface area contributed by atoms with Crippen molar-refractivity contribution in [2.75, 3.05) is 6.54 Å². The molecule has 26 heavy (non-hydrogen) atoms. The SMILES string of the molecule is CC(=O)NC(CC(=O)N1CCCC1c1ccc(C)cc1)c1ccccc1. The average molecular weight is 350 g/mol. The summed E-state index contributed by atoms with van der Waals surface area (Å²) in [6, 6.07) is 18.0. The Morgan fingerprint density at radius 1 is 1.12 bits per heavy atom. The highest BCUT2D eigenvalue weighted by Crippen LogP contribution is 2.33. The molecular formula is C22H26N2O2. The van der Waals surface area contributed by atoms with Crippen molar-refractivity contribution in [2.24, 2.45) is 0 Å². The summed E-state index contributed by atoms with van der Waals surface area (Å²) >= 11 is 0. The van der Waals surface area contributed by atoms with Crippen molar-refractivity contribution in [1.82, 2.24) is 10.2 Å². The van der Waals surface area contributed by atoms with Crippen molar-refractivity contribution in [3.63, 3.8) is 0 Å². The second-order valence-electron chi connectivity index (χ2n) is 7.02. The van der Waals surface area contributed by atoms with Crippen LogP contribution in [-0.4, -0.2) is 23.3 Å². The highest BCUT2D eigenvalue weighted by atomic mass is 16.2. The fraction of sp³-hybridized carbons (Fsp3) is 0.364. The Morgan fingerprint density at radius 3 is 2.46 bits per heavy atom. The lowest BCUT2D eigenvalue weighted by molar-refractivity contribution is -0.133. The lowest BCUT2D eigenvalue weighted by Gasteiger charge is -2.27. The van der Waals surface area contributed by atoms with Crippen LogP contribution in [0.1, 0.15) is 55.0 Å². The molecule has 2 amide bonds. The first kappa shape index (κ1) is 18.2. The van der Waals surface area contributed by atoms with E-state index in [0.29, 0.717) is 0 Å². The summed E-state index contributed by atoms with van der Waals surface area (Å²) in [7, 11) is 0. The van der Waals surface area contributed by atoms with Crippen molar-refractivity contribution < 1.29 is 9.59 Å². The molecule has 1 N–H and O–H groups in total. The molecule has 1 heterocycles. The topological polar surface area (TPSA) is 49.4 Å². The minimum absolute atomic E-state index is 0.0932. The molecule has 2 aromatic rings. The predicted octanol–water partition coefficient (Wildman–Crippen LogP) is 3.93. The largest absolute Gasteiger partial charge is 0.349 e. The standard InChI is InChI=1S/C22H26N2O2/c1-16-10-12-19(13-11-16)21-9-6-14-24(21)22(26)15-20(23-17(2)25)18-7-4-3-5-8-18/h3-5,7-8,10-13,20-21H,6,9,14-15H2,1-2H3,(H,23,25). The summed E-state index contributed by atoms with van der Waals surface area (Å²) in [5.41, 5.74) is 3.37. The molecule has 0 aromatic heterocycles. The van der Waals surface area contributed by atoms with Gasteiger partial charge in [0.05, 0.1) is 18.5 Å². The molecule has 0 radical (unpaired) electrons. The van der Waals surface area contributed by atoms with Gasteiger partial charge in [-0.25, -0.2) is 0 Å². The molecule has 136 valence electrons. The minimum atomic E-state index is -0.291. The maximum atomic E-state index is 13.0. The van der Waals surface area contributed by atoms with Gasteiger partial charge in [-0.2, -0.15) is 0 Å². The van der Waals surface area contributed by atoms with Crippen LogP contribution in [0.25, 0.3) is 0 Å². The molecule has 1 aliphatic heterocycles. The Balaban J connectivity index is 1.75. The summed E-state index contributed by atoms with van der Waals surface area (Å²) in [5.74, 6) is -0.0289. The van der Waals surface area contributed by atoms with E-state index in [9.17, 15) is 9.59 Å². The van der Waals surface area contributed by atoms with Crippen molar-refractivity contribution in [2.45, 2.75) is 45.2 Å². The first-order valence-corrected chi connectivity index (χ1v) is 9.22. The van der Waals surface area contributed by atoms with E-state index in [1.165, 1.54) is 18.1 Å². The number of nitrogens with one attached hydrogen (secondary N) is 1. The summed E-state index contributed by atoms with van der Waals surface area (Å²) in [4.78, 5) is 26.6. The van der Waals surface area contributed by atoms with Crippen LogP contribution in [-0.2, 0) is 9.59 Å². The molecule has 0 spiro atoms. The Hall–Kier alpha value is -2.62. The van der Waals surface area contributed by atoms with Gasteiger partial charge in [0, 0.05) is 13.5 Å². The number of amides is 2. The normalized spacial score (nSPS) is 17.8. The van der Waals surface area contributed by atoms with E-state index < -0.39 is 0 Å². The van der Waals surface area contributed by atoms with Crippen molar-refractivity contribution in [3.05, 3.63) is 71.3 Å². The molecule has 3 rings (SSSR count). The van der Waals surface area contributed by atoms with Crippen LogP contribution >= 0.6 is 0 Å². The number of benzene rings is 2. The Bertz CT molecular complexity index is 755. The van der Waals surface area contributed by atoms with Gasteiger partial charge in [-0.1, -0.05) is 60.2 Å². The van der Waals surface area contributed by atoms with Crippen LogP contribution < -0.4 is 5.32 Å². The van der Waals surface area contributed by atoms with E-state index in [1.807, 2.05) is 35.2 Å². The highest BCUT2D eigenvalue weighted by molar-refractivity contribution is 5.80. The monoisotopic (exact) mass is 350 g/mol. The number of hydrogen-bond acceptors (Lipinski definition) is 2. The van der Waals surface area contributed by atoms with E-state index in [2.05, 4.69) is 36.5 Å². The number of carbonyl (C=O) groups is 2. The van der Waals surface area contributed by atoms with Crippen molar-refractivity contribution in [3.8, 4) is 0 Å². The summed E-state index contributed by atoms with van der Waals surface area (Å²) < 4.78 is 0. The fourth-order valence-corrected chi connectivity index (χ4v) is 3.68. The van der Waals surface area contributed by atoms with Gasteiger partial charge in [0.15, 0.2) is 0 Å². The molecule has 1 aliphatic rings. The van der Waals surface area contributed by atoms with Gasteiger partial charge >= 0.3 is 0 Å². The average Bonchev–Trinajstić information content (AvgIpc) is 3.12. The lowest BCUT2D eigenvalue weighted by Crippen LogP contribution is -2.35. The lowest BCUT2D eigenvalue weighted by atomic mass is 10.0. The highest BCUT2D eigenvalue weighted by Gasteiger charge is 2.31. The molecule has 2 atom stereocenters. The molecule has 1 fully saturated rings. The van der Waals surface area contributed by atoms with Gasteiger partial charge < -0.3 is 10.2 Å². The number of hydrogen-bond donors (Lipinski definition) is 1. The second-order valence-corrected chi connectivity index (χ2v) is 7.02. The molecule has 0 saturated carbocycles. The fourth-order valence-electron chi connectivity index (χ4n) is 3.68. The van der Waals surface area contributed by atoms with Gasteiger partial charge in [-0.3, -0.25) is 9.59 Å². The molecule has 0 aliphatic carbocycles. The number of rotatable bonds is 5. The zero-order valence-corrected chi connectivity index (χ0v) is 15.4. The predicted molar refractivity (Wildman–Crippen MR) is 102 cm³/mol. The van der Waals surface area contributed by atoms with Gasteiger partial charge in [-0.15, -0.1) is 0 Å². The zero-order chi connectivity index (χ0) is 18.5. The third-order valence-corrected chi connectivity index (χ3v) is 4.99. The number of aryl methyl sites for hydroxylation is 1. The number of nitrogens with zero attached hydrogens (tertiary/aromatic N) is 1. The quantitative estimate of drug-likeness (QED) is 0.888. The molecule has 4 heteroatoms.